The summed E-state index contributed by atoms with van der Waals surface area (Å²) < 4.78 is 0.750. The molecule has 1 amide bonds. The van der Waals surface area contributed by atoms with Gasteiger partial charge < -0.3 is 5.32 Å². The van der Waals surface area contributed by atoms with Crippen LogP contribution in [0.2, 0.25) is 0 Å². The molecule has 0 atom stereocenters. The molecule has 0 aromatic heterocycles. The number of thioether (sulfide) groups is 2. The van der Waals surface area contributed by atoms with Crippen LogP contribution in [0, 0.1) is 25.2 Å². The van der Waals surface area contributed by atoms with Crippen molar-refractivity contribution in [2.24, 2.45) is 0 Å². The molecule has 0 radical (unpaired) electrons. The number of nitriles is 1. The van der Waals surface area contributed by atoms with Gasteiger partial charge in [0.15, 0.2) is 0 Å². The Kier molecular flexibility index (Phi) is 6.53. The van der Waals surface area contributed by atoms with Crippen molar-refractivity contribution in [3.05, 3.63) is 69.6 Å². The number of hydrogen-bond donors (Lipinski definition) is 1. The zero-order valence-corrected chi connectivity index (χ0v) is 15.4. The van der Waals surface area contributed by atoms with E-state index in [1.807, 2.05) is 62.4 Å². The number of amides is 1. The first-order chi connectivity index (χ1) is 11.5. The van der Waals surface area contributed by atoms with Gasteiger partial charge in [-0.25, -0.2) is 0 Å². The van der Waals surface area contributed by atoms with Crippen molar-refractivity contribution in [1.29, 1.82) is 5.26 Å². The number of benzene rings is 2. The summed E-state index contributed by atoms with van der Waals surface area (Å²) in [5.41, 5.74) is 2.63. The number of carbonyl (C=O) groups excluding carboxylic acids is 1. The topological polar surface area (TPSA) is 52.9 Å². The monoisotopic (exact) mass is 354 g/mol. The third-order valence-corrected chi connectivity index (χ3v) is 5.37. The van der Waals surface area contributed by atoms with Crippen LogP contribution in [0.25, 0.3) is 0 Å². The minimum Gasteiger partial charge on any atom is -0.316 e. The fourth-order valence-electron chi connectivity index (χ4n) is 1.85. The Morgan fingerprint density at radius 1 is 0.917 bits per heavy atom. The lowest BCUT2D eigenvalue weighted by Crippen LogP contribution is -2.18. The highest BCUT2D eigenvalue weighted by molar-refractivity contribution is 8.22. The van der Waals surface area contributed by atoms with Crippen molar-refractivity contribution in [1.82, 2.24) is 5.32 Å². The number of allylic oxidation sites excluding steroid dienone is 1. The van der Waals surface area contributed by atoms with E-state index in [9.17, 15) is 10.1 Å². The molecule has 0 saturated carbocycles. The molecule has 1 N–H and O–H groups in total. The van der Waals surface area contributed by atoms with Gasteiger partial charge in [-0.3, -0.25) is 4.79 Å². The summed E-state index contributed by atoms with van der Waals surface area (Å²) in [4.78, 5) is 13.4. The van der Waals surface area contributed by atoms with Crippen LogP contribution >= 0.6 is 23.5 Å². The molecular weight excluding hydrogens is 336 g/mol. The molecule has 2 aromatic rings. The number of hydrogen-bond acceptors (Lipinski definition) is 4. The first-order valence-electron chi connectivity index (χ1n) is 7.39. The van der Waals surface area contributed by atoms with Crippen LogP contribution in [0.1, 0.15) is 18.1 Å². The summed E-state index contributed by atoms with van der Waals surface area (Å²) in [7, 11) is 0. The van der Waals surface area contributed by atoms with E-state index in [0.29, 0.717) is 0 Å². The average Bonchev–Trinajstić information content (AvgIpc) is 2.56. The molecule has 0 saturated heterocycles. The van der Waals surface area contributed by atoms with Gasteiger partial charge in [0, 0.05) is 16.7 Å². The summed E-state index contributed by atoms with van der Waals surface area (Å²) in [6.45, 7) is 5.47. The van der Waals surface area contributed by atoms with Crippen molar-refractivity contribution < 1.29 is 4.79 Å². The first-order valence-corrected chi connectivity index (χ1v) is 9.02. The Morgan fingerprint density at radius 3 is 1.67 bits per heavy atom. The van der Waals surface area contributed by atoms with Crippen LogP contribution in [0.4, 0.5) is 0 Å². The van der Waals surface area contributed by atoms with Crippen molar-refractivity contribution in [3.63, 3.8) is 0 Å². The molecule has 0 unspecified atom stereocenters. The minimum absolute atomic E-state index is 0.252. The van der Waals surface area contributed by atoms with Crippen LogP contribution in [0.15, 0.2) is 68.3 Å². The van der Waals surface area contributed by atoms with Crippen LogP contribution in [0.3, 0.4) is 0 Å². The zero-order valence-electron chi connectivity index (χ0n) is 13.8. The maximum atomic E-state index is 11.4. The molecule has 5 heteroatoms. The summed E-state index contributed by atoms with van der Waals surface area (Å²) in [6.07, 6.45) is 0. The molecular formula is C19H18N2OS2. The Balaban J connectivity index is 2.34. The fourth-order valence-corrected chi connectivity index (χ4v) is 3.96. The average molecular weight is 355 g/mol. The van der Waals surface area contributed by atoms with Crippen LogP contribution in [-0.4, -0.2) is 5.91 Å². The molecule has 0 aliphatic rings. The number of nitrogens with one attached hydrogen (secondary N) is 1. The predicted molar refractivity (Wildman–Crippen MR) is 101 cm³/mol. The molecule has 24 heavy (non-hydrogen) atoms. The molecule has 0 aliphatic heterocycles. The molecule has 0 heterocycles. The highest BCUT2D eigenvalue weighted by Crippen LogP contribution is 2.40. The highest BCUT2D eigenvalue weighted by atomic mass is 32.2. The molecule has 122 valence electrons. The number of nitrogens with zero attached hydrogens (tertiary/aromatic N) is 1. The van der Waals surface area contributed by atoms with E-state index >= 15 is 0 Å². The Labute approximate surface area is 151 Å². The Morgan fingerprint density at radius 2 is 1.33 bits per heavy atom. The van der Waals surface area contributed by atoms with Crippen molar-refractivity contribution >= 4 is 29.4 Å². The molecule has 2 aromatic carbocycles. The van der Waals surface area contributed by atoms with Crippen LogP contribution < -0.4 is 5.32 Å². The van der Waals surface area contributed by atoms with Gasteiger partial charge in [-0.2, -0.15) is 5.26 Å². The van der Waals surface area contributed by atoms with Crippen molar-refractivity contribution in [2.45, 2.75) is 30.6 Å². The van der Waals surface area contributed by atoms with E-state index in [0.717, 1.165) is 14.0 Å². The second kappa shape index (κ2) is 8.62. The number of aryl methyl sites for hydroxylation is 2. The Hall–Kier alpha value is -2.16. The van der Waals surface area contributed by atoms with Crippen molar-refractivity contribution in [2.75, 3.05) is 0 Å². The van der Waals surface area contributed by atoms with Gasteiger partial charge in [0.2, 0.25) is 5.91 Å². The summed E-state index contributed by atoms with van der Waals surface area (Å²) in [5, 5.41) is 12.1. The molecule has 0 bridgehead atoms. The second-order valence-corrected chi connectivity index (χ2v) is 7.71. The second-order valence-electron chi connectivity index (χ2n) is 5.29. The van der Waals surface area contributed by atoms with E-state index in [-0.39, 0.29) is 11.6 Å². The zero-order chi connectivity index (χ0) is 17.5. The van der Waals surface area contributed by atoms with Gasteiger partial charge in [0.25, 0.3) is 0 Å². The normalized spacial score (nSPS) is 9.92. The Bertz CT molecular complexity index is 738. The maximum absolute atomic E-state index is 11.4. The van der Waals surface area contributed by atoms with Gasteiger partial charge in [0.1, 0.15) is 11.8 Å². The smallest absolute Gasteiger partial charge is 0.221 e. The van der Waals surface area contributed by atoms with Gasteiger partial charge in [-0.1, -0.05) is 58.9 Å². The van der Waals surface area contributed by atoms with Crippen LogP contribution in [-0.2, 0) is 4.79 Å². The minimum atomic E-state index is -0.252. The first kappa shape index (κ1) is 18.2. The van der Waals surface area contributed by atoms with Crippen molar-refractivity contribution in [3.8, 4) is 6.07 Å². The quantitative estimate of drug-likeness (QED) is 0.605. The molecule has 0 aliphatic carbocycles. The standard InChI is InChI=1S/C19H18N2OS2/c1-13-4-8-16(9-5-13)23-19(18(12-20)21-15(3)22)24-17-10-6-14(2)7-11-17/h4-11H,1-3H3,(H,21,22). The summed E-state index contributed by atoms with van der Waals surface area (Å²) in [5.74, 6) is -0.252. The van der Waals surface area contributed by atoms with E-state index in [4.69, 9.17) is 0 Å². The van der Waals surface area contributed by atoms with E-state index in [1.165, 1.54) is 41.6 Å². The van der Waals surface area contributed by atoms with Gasteiger partial charge in [-0.15, -0.1) is 0 Å². The van der Waals surface area contributed by atoms with Gasteiger partial charge in [0.05, 0.1) is 4.24 Å². The van der Waals surface area contributed by atoms with Crippen LogP contribution in [0.5, 0.6) is 0 Å². The number of carbonyl (C=O) groups is 1. The third kappa shape index (κ3) is 5.48. The lowest BCUT2D eigenvalue weighted by Gasteiger charge is -2.11. The SMILES string of the molecule is CC(=O)NC(C#N)=C(Sc1ccc(C)cc1)Sc1ccc(C)cc1. The highest BCUT2D eigenvalue weighted by Gasteiger charge is 2.12. The number of rotatable bonds is 5. The van der Waals surface area contributed by atoms with E-state index in [1.54, 1.807) is 0 Å². The molecule has 2 rings (SSSR count). The molecule has 0 fully saturated rings. The molecule has 3 nitrogen and oxygen atoms in total. The summed E-state index contributed by atoms with van der Waals surface area (Å²) in [6, 6.07) is 18.3. The van der Waals surface area contributed by atoms with Gasteiger partial charge >= 0.3 is 0 Å². The summed E-state index contributed by atoms with van der Waals surface area (Å²) >= 11 is 2.95. The largest absolute Gasteiger partial charge is 0.316 e. The lowest BCUT2D eigenvalue weighted by molar-refractivity contribution is -0.118. The predicted octanol–water partition coefficient (Wildman–Crippen LogP) is 5.02. The maximum Gasteiger partial charge on any atom is 0.221 e. The molecule has 0 spiro atoms. The van der Waals surface area contributed by atoms with Gasteiger partial charge in [-0.05, 0) is 38.1 Å². The lowest BCUT2D eigenvalue weighted by atomic mass is 10.2. The van der Waals surface area contributed by atoms with E-state index < -0.39 is 0 Å². The fraction of sp³-hybridized carbons (Fsp3) is 0.158. The third-order valence-electron chi connectivity index (χ3n) is 3.08. The van der Waals surface area contributed by atoms with E-state index in [2.05, 4.69) is 11.4 Å².